The normalized spacial score (nSPS) is 13.5. The van der Waals surface area contributed by atoms with E-state index in [4.69, 9.17) is 28.4 Å². The molecule has 290 valence electrons. The average molecular weight is 735 g/mol. The minimum Gasteiger partial charge on any atom is -0.488 e. The van der Waals surface area contributed by atoms with Gasteiger partial charge in [0, 0.05) is 46.9 Å². The molecule has 0 fully saturated rings. The van der Waals surface area contributed by atoms with Crippen LogP contribution in [0, 0.1) is 11.8 Å². The summed E-state index contributed by atoms with van der Waals surface area (Å²) in [5.41, 5.74) is 0.0546. The summed E-state index contributed by atoms with van der Waals surface area (Å²) in [6, 6.07) is 12.1. The molecule has 53 heavy (non-hydrogen) atoms. The van der Waals surface area contributed by atoms with Gasteiger partial charge >= 0.3 is 17.9 Å². The van der Waals surface area contributed by atoms with Crippen LogP contribution in [0.25, 0.3) is 21.5 Å². The van der Waals surface area contributed by atoms with Crippen molar-refractivity contribution in [3.05, 3.63) is 73.3 Å². The number of ether oxygens (including phenoxy) is 6. The summed E-state index contributed by atoms with van der Waals surface area (Å²) in [5.74, 6) is -0.639. The van der Waals surface area contributed by atoms with Crippen molar-refractivity contribution in [3.8, 4) is 11.5 Å². The van der Waals surface area contributed by atoms with Crippen molar-refractivity contribution in [2.45, 2.75) is 91.3 Å². The lowest BCUT2D eigenvalue weighted by Crippen LogP contribution is -2.30. The maximum atomic E-state index is 12.3. The Morgan fingerprint density at radius 2 is 1.09 bits per heavy atom. The number of benzene rings is 3. The number of hydrogen-bond acceptors (Lipinski definition) is 9. The van der Waals surface area contributed by atoms with E-state index in [0.29, 0.717) is 58.1 Å². The maximum Gasteiger partial charge on any atom is 0.335 e. The third-order valence-electron chi connectivity index (χ3n) is 9.30. The van der Waals surface area contributed by atoms with Crippen LogP contribution in [0.3, 0.4) is 0 Å². The second-order valence-electron chi connectivity index (χ2n) is 13.3. The average Bonchev–Trinajstić information content (AvgIpc) is 3.17. The van der Waals surface area contributed by atoms with Gasteiger partial charge in [-0.1, -0.05) is 104 Å². The number of fused-ring (bicyclic) bond motifs is 2. The van der Waals surface area contributed by atoms with Gasteiger partial charge in [0.2, 0.25) is 0 Å². The van der Waals surface area contributed by atoms with Crippen molar-refractivity contribution in [3.63, 3.8) is 0 Å². The zero-order valence-electron chi connectivity index (χ0n) is 31.9. The fraction of sp³-hybridized carbons (Fsp3) is 0.512. The van der Waals surface area contributed by atoms with Gasteiger partial charge in [-0.2, -0.15) is 0 Å². The Morgan fingerprint density at radius 1 is 0.642 bits per heavy atom. The standard InChI is InChI=1S/C43H58O10/c1-7-13-17-30(9-3)24-48-26-33(52-39(44)11-5)28-50-41-35-19-15-16-20-36(35)42(38-23-32(43(46)47)21-22-37(38)41)51-29-34(53-40(45)12-6)27-49-25-31(10-4)18-14-8-2/h11-12,15-16,19-23,30-31,33-34H,5-10,13-14,17-18,24-29H2,1-4H3,(H,46,47). The summed E-state index contributed by atoms with van der Waals surface area (Å²) in [4.78, 5) is 36.7. The zero-order valence-corrected chi connectivity index (χ0v) is 31.9. The van der Waals surface area contributed by atoms with Crippen molar-refractivity contribution in [1.29, 1.82) is 0 Å². The van der Waals surface area contributed by atoms with Crippen LogP contribution in [0.5, 0.6) is 11.5 Å². The van der Waals surface area contributed by atoms with Crippen LogP contribution in [-0.4, -0.2) is 74.9 Å². The highest BCUT2D eigenvalue weighted by atomic mass is 16.6. The fourth-order valence-electron chi connectivity index (χ4n) is 6.08. The summed E-state index contributed by atoms with van der Waals surface area (Å²) < 4.78 is 36.2. The summed E-state index contributed by atoms with van der Waals surface area (Å²) >= 11 is 0. The van der Waals surface area contributed by atoms with Crippen molar-refractivity contribution < 1.29 is 47.9 Å². The van der Waals surface area contributed by atoms with E-state index < -0.39 is 30.1 Å². The van der Waals surface area contributed by atoms with Gasteiger partial charge in [-0.05, 0) is 42.9 Å². The Bertz CT molecular complexity index is 1630. The zero-order chi connectivity index (χ0) is 38.6. The third-order valence-corrected chi connectivity index (χ3v) is 9.30. The number of carbonyl (C=O) groups is 3. The van der Waals surface area contributed by atoms with Crippen LogP contribution >= 0.6 is 0 Å². The summed E-state index contributed by atoms with van der Waals surface area (Å²) in [6.45, 7) is 16.9. The number of unbranched alkanes of at least 4 members (excludes halogenated alkanes) is 2. The molecule has 3 aromatic rings. The first-order chi connectivity index (χ1) is 25.7. The Balaban J connectivity index is 1.95. The number of rotatable bonds is 27. The van der Waals surface area contributed by atoms with Crippen molar-refractivity contribution >= 4 is 39.5 Å². The van der Waals surface area contributed by atoms with Gasteiger partial charge in [0.1, 0.15) is 24.7 Å². The number of hydrogen-bond donors (Lipinski definition) is 1. The first-order valence-corrected chi connectivity index (χ1v) is 19.0. The molecule has 4 unspecified atom stereocenters. The van der Waals surface area contributed by atoms with Crippen LogP contribution in [0.1, 0.15) is 89.4 Å². The van der Waals surface area contributed by atoms with Gasteiger partial charge in [0.15, 0.2) is 12.2 Å². The molecule has 4 atom stereocenters. The molecule has 0 saturated heterocycles. The topological polar surface area (TPSA) is 127 Å². The molecular weight excluding hydrogens is 676 g/mol. The van der Waals surface area contributed by atoms with E-state index in [1.54, 1.807) is 6.07 Å². The largest absolute Gasteiger partial charge is 0.488 e. The molecule has 0 heterocycles. The molecule has 0 amide bonds. The smallest absolute Gasteiger partial charge is 0.335 e. The Labute approximate surface area is 314 Å². The lowest BCUT2D eigenvalue weighted by molar-refractivity contribution is -0.149. The number of aromatic carboxylic acids is 1. The molecule has 10 heteroatoms. The van der Waals surface area contributed by atoms with Crippen LogP contribution in [0.15, 0.2) is 67.8 Å². The molecule has 0 spiro atoms. The predicted octanol–water partition coefficient (Wildman–Crippen LogP) is 9.11. The molecule has 3 aromatic carbocycles. The lowest BCUT2D eigenvalue weighted by atomic mass is 9.98. The van der Waals surface area contributed by atoms with Gasteiger partial charge in [-0.15, -0.1) is 0 Å². The highest BCUT2D eigenvalue weighted by molar-refractivity contribution is 6.12. The van der Waals surface area contributed by atoms with Crippen LogP contribution in [0.4, 0.5) is 0 Å². The van der Waals surface area contributed by atoms with Gasteiger partial charge in [-0.3, -0.25) is 0 Å². The van der Waals surface area contributed by atoms with E-state index in [0.717, 1.165) is 63.5 Å². The lowest BCUT2D eigenvalue weighted by Gasteiger charge is -2.23. The molecule has 3 rings (SSSR count). The van der Waals surface area contributed by atoms with E-state index in [1.165, 1.54) is 12.1 Å². The number of carboxylic acids is 1. The van der Waals surface area contributed by atoms with Crippen molar-refractivity contribution in [1.82, 2.24) is 0 Å². The van der Waals surface area contributed by atoms with Gasteiger partial charge in [-0.25, -0.2) is 14.4 Å². The first kappa shape index (κ1) is 43.0. The van der Waals surface area contributed by atoms with E-state index >= 15 is 0 Å². The minimum absolute atomic E-state index is 0.0285. The second-order valence-corrected chi connectivity index (χ2v) is 13.3. The summed E-state index contributed by atoms with van der Waals surface area (Å²) in [6.07, 6.45) is 9.25. The molecule has 0 radical (unpaired) electrons. The van der Waals surface area contributed by atoms with Crippen LogP contribution in [0.2, 0.25) is 0 Å². The van der Waals surface area contributed by atoms with E-state index in [2.05, 4.69) is 40.9 Å². The Morgan fingerprint density at radius 3 is 1.51 bits per heavy atom. The quantitative estimate of drug-likeness (QED) is 0.0460. The predicted molar refractivity (Wildman–Crippen MR) is 208 cm³/mol. The minimum atomic E-state index is -1.11. The second kappa shape index (κ2) is 23.3. The molecule has 0 aromatic heterocycles. The molecule has 0 aliphatic carbocycles. The molecule has 0 bridgehead atoms. The van der Waals surface area contributed by atoms with Gasteiger partial charge in [0.25, 0.3) is 0 Å². The summed E-state index contributed by atoms with van der Waals surface area (Å²) in [7, 11) is 0. The van der Waals surface area contributed by atoms with Crippen LogP contribution in [-0.2, 0) is 28.5 Å². The van der Waals surface area contributed by atoms with E-state index in [1.807, 2.05) is 24.3 Å². The molecule has 0 aliphatic rings. The SMILES string of the molecule is C=CC(=O)OC(COCC(CC)CCCC)COc1c2ccccc2c(OCC(COCC(CC)CCCC)OC(=O)C=C)c2cc(C(=O)O)ccc12. The van der Waals surface area contributed by atoms with Gasteiger partial charge in [0.05, 0.1) is 18.8 Å². The highest BCUT2D eigenvalue weighted by Crippen LogP contribution is 2.43. The molecule has 0 saturated carbocycles. The van der Waals surface area contributed by atoms with Gasteiger partial charge < -0.3 is 33.5 Å². The number of carboxylic acid groups (broad SMARTS) is 1. The van der Waals surface area contributed by atoms with Crippen molar-refractivity contribution in [2.75, 3.05) is 39.6 Å². The monoisotopic (exact) mass is 734 g/mol. The number of esters is 2. The molecule has 10 nitrogen and oxygen atoms in total. The van der Waals surface area contributed by atoms with Crippen LogP contribution < -0.4 is 9.47 Å². The highest BCUT2D eigenvalue weighted by Gasteiger charge is 2.23. The Hall–Kier alpha value is -4.41. The van der Waals surface area contributed by atoms with Crippen molar-refractivity contribution in [2.24, 2.45) is 11.8 Å². The van der Waals surface area contributed by atoms with E-state index in [-0.39, 0.29) is 32.0 Å². The summed E-state index contributed by atoms with van der Waals surface area (Å²) in [5, 5.41) is 12.3. The van der Waals surface area contributed by atoms with E-state index in [9.17, 15) is 19.5 Å². The Kier molecular flexibility index (Phi) is 18.9. The molecule has 0 aliphatic heterocycles. The maximum absolute atomic E-state index is 12.3. The molecular formula is C43H58O10. The number of carbonyl (C=O) groups excluding carboxylic acids is 2. The molecule has 1 N–H and O–H groups in total. The first-order valence-electron chi connectivity index (χ1n) is 19.0. The fourth-order valence-corrected chi connectivity index (χ4v) is 6.08. The third kappa shape index (κ3) is 13.5.